The molecule has 0 spiro atoms. The molecule has 2 N–H and O–H groups in total. The van der Waals surface area contributed by atoms with Gasteiger partial charge >= 0.3 is 0 Å². The van der Waals surface area contributed by atoms with E-state index in [9.17, 15) is 4.79 Å². The summed E-state index contributed by atoms with van der Waals surface area (Å²) in [5.74, 6) is 0.517. The number of aryl methyl sites for hydroxylation is 3. The second-order valence-electron chi connectivity index (χ2n) is 6.63. The number of amides is 1. The lowest BCUT2D eigenvalue weighted by molar-refractivity contribution is 0.0977. The summed E-state index contributed by atoms with van der Waals surface area (Å²) in [6.07, 6.45) is 0. The normalized spacial score (nSPS) is 10.9. The molecule has 0 unspecified atom stereocenters. The zero-order valence-corrected chi connectivity index (χ0v) is 17.7. The maximum atomic E-state index is 12.4. The van der Waals surface area contributed by atoms with Crippen molar-refractivity contribution in [2.24, 2.45) is 0 Å². The van der Waals surface area contributed by atoms with Crippen molar-refractivity contribution in [2.45, 2.75) is 20.8 Å². The molecule has 7 nitrogen and oxygen atoms in total. The van der Waals surface area contributed by atoms with Crippen LogP contribution < -0.4 is 10.6 Å². The Morgan fingerprint density at radius 3 is 2.48 bits per heavy atom. The van der Waals surface area contributed by atoms with Crippen LogP contribution in [0.25, 0.3) is 15.5 Å². The van der Waals surface area contributed by atoms with Crippen molar-refractivity contribution >= 4 is 45.2 Å². The van der Waals surface area contributed by atoms with E-state index in [-0.39, 0.29) is 11.0 Å². The minimum atomic E-state index is -0.239. The standard InChI is InChI=1S/C20H18N6OS2/c1-11-4-5-15(10-12(11)2)17(27)22-19(28)21-16-8-6-14(7-9-16)18-25-26-13(3)23-24-20(26)29-18/h4-10H,1-3H3,(H2,21,22,27,28). The molecule has 2 aromatic heterocycles. The van der Waals surface area contributed by atoms with Gasteiger partial charge in [-0.05, 0) is 80.5 Å². The smallest absolute Gasteiger partial charge is 0.257 e. The van der Waals surface area contributed by atoms with E-state index in [0.29, 0.717) is 5.56 Å². The lowest BCUT2D eigenvalue weighted by Crippen LogP contribution is -2.34. The lowest BCUT2D eigenvalue weighted by Gasteiger charge is -2.10. The number of aromatic nitrogens is 4. The monoisotopic (exact) mass is 422 g/mol. The van der Waals surface area contributed by atoms with Gasteiger partial charge in [0.05, 0.1) is 0 Å². The van der Waals surface area contributed by atoms with Gasteiger partial charge in [-0.1, -0.05) is 17.4 Å². The molecular weight excluding hydrogens is 404 g/mol. The van der Waals surface area contributed by atoms with E-state index < -0.39 is 0 Å². The summed E-state index contributed by atoms with van der Waals surface area (Å²) in [6.45, 7) is 5.85. The number of anilines is 1. The van der Waals surface area contributed by atoms with Crippen molar-refractivity contribution in [3.8, 4) is 10.6 Å². The van der Waals surface area contributed by atoms with Crippen LogP contribution in [0.4, 0.5) is 5.69 Å². The number of nitrogens with zero attached hydrogens (tertiary/aromatic N) is 4. The van der Waals surface area contributed by atoms with E-state index in [1.807, 2.05) is 57.2 Å². The molecule has 0 bridgehead atoms. The van der Waals surface area contributed by atoms with Gasteiger partial charge in [-0.3, -0.25) is 10.1 Å². The highest BCUT2D eigenvalue weighted by atomic mass is 32.1. The van der Waals surface area contributed by atoms with Crippen molar-refractivity contribution in [3.63, 3.8) is 0 Å². The molecule has 146 valence electrons. The fourth-order valence-electron chi connectivity index (χ4n) is 2.75. The van der Waals surface area contributed by atoms with Gasteiger partial charge < -0.3 is 5.32 Å². The quantitative estimate of drug-likeness (QED) is 0.487. The first-order valence-corrected chi connectivity index (χ1v) is 10.1. The summed E-state index contributed by atoms with van der Waals surface area (Å²) < 4.78 is 1.73. The predicted octanol–water partition coefficient (Wildman–Crippen LogP) is 3.90. The molecule has 2 aromatic carbocycles. The maximum Gasteiger partial charge on any atom is 0.257 e. The molecule has 1 amide bonds. The molecule has 0 atom stereocenters. The Balaban J connectivity index is 1.42. The molecule has 2 heterocycles. The van der Waals surface area contributed by atoms with E-state index in [4.69, 9.17) is 12.2 Å². The molecule has 29 heavy (non-hydrogen) atoms. The summed E-state index contributed by atoms with van der Waals surface area (Å²) >= 11 is 6.75. The van der Waals surface area contributed by atoms with Gasteiger partial charge in [0.25, 0.3) is 5.91 Å². The van der Waals surface area contributed by atoms with Crippen molar-refractivity contribution < 1.29 is 4.79 Å². The zero-order chi connectivity index (χ0) is 20.5. The molecular formula is C20H18N6OS2. The Morgan fingerprint density at radius 2 is 1.79 bits per heavy atom. The number of hydrogen-bond acceptors (Lipinski definition) is 6. The van der Waals surface area contributed by atoms with Gasteiger partial charge in [-0.25, -0.2) is 0 Å². The van der Waals surface area contributed by atoms with Gasteiger partial charge in [0.2, 0.25) is 4.96 Å². The molecule has 0 saturated heterocycles. The van der Waals surface area contributed by atoms with Crippen LogP contribution in [0.5, 0.6) is 0 Å². The molecule has 9 heteroatoms. The van der Waals surface area contributed by atoms with E-state index in [1.54, 1.807) is 10.6 Å². The Hall–Kier alpha value is -3.17. The minimum absolute atomic E-state index is 0.239. The van der Waals surface area contributed by atoms with E-state index in [1.165, 1.54) is 11.3 Å². The van der Waals surface area contributed by atoms with Gasteiger partial charge in [0.1, 0.15) is 5.01 Å². The van der Waals surface area contributed by atoms with Crippen molar-refractivity contribution in [1.82, 2.24) is 25.1 Å². The fourth-order valence-corrected chi connectivity index (χ4v) is 3.85. The predicted molar refractivity (Wildman–Crippen MR) is 118 cm³/mol. The van der Waals surface area contributed by atoms with Gasteiger partial charge in [-0.15, -0.1) is 10.2 Å². The number of fused-ring (bicyclic) bond motifs is 1. The van der Waals surface area contributed by atoms with Gasteiger partial charge in [-0.2, -0.15) is 9.61 Å². The highest BCUT2D eigenvalue weighted by Crippen LogP contribution is 2.26. The second-order valence-corrected chi connectivity index (χ2v) is 8.00. The van der Waals surface area contributed by atoms with Crippen molar-refractivity contribution in [3.05, 3.63) is 65.0 Å². The van der Waals surface area contributed by atoms with Crippen molar-refractivity contribution in [2.75, 3.05) is 5.32 Å². The molecule has 0 aliphatic rings. The fraction of sp³-hybridized carbons (Fsp3) is 0.150. The van der Waals surface area contributed by atoms with Crippen LogP contribution in [0.2, 0.25) is 0 Å². The van der Waals surface area contributed by atoms with E-state index in [0.717, 1.165) is 38.2 Å². The van der Waals surface area contributed by atoms with E-state index >= 15 is 0 Å². The maximum absolute atomic E-state index is 12.4. The molecule has 4 aromatic rings. The highest BCUT2D eigenvalue weighted by Gasteiger charge is 2.11. The highest BCUT2D eigenvalue weighted by molar-refractivity contribution is 7.80. The van der Waals surface area contributed by atoms with Crippen LogP contribution in [-0.4, -0.2) is 30.8 Å². The zero-order valence-electron chi connectivity index (χ0n) is 16.1. The lowest BCUT2D eigenvalue weighted by atomic mass is 10.1. The molecule has 0 aliphatic heterocycles. The average molecular weight is 423 g/mol. The van der Waals surface area contributed by atoms with Gasteiger partial charge in [0, 0.05) is 16.8 Å². The largest absolute Gasteiger partial charge is 0.332 e. The Labute approximate surface area is 176 Å². The van der Waals surface area contributed by atoms with Crippen LogP contribution in [0.15, 0.2) is 42.5 Å². The van der Waals surface area contributed by atoms with Crippen LogP contribution >= 0.6 is 23.6 Å². The summed E-state index contributed by atoms with van der Waals surface area (Å²) in [5, 5.41) is 19.4. The van der Waals surface area contributed by atoms with Gasteiger partial charge in [0.15, 0.2) is 10.9 Å². The molecule has 4 rings (SSSR count). The molecule has 0 fully saturated rings. The minimum Gasteiger partial charge on any atom is -0.332 e. The number of benzene rings is 2. The number of nitrogens with one attached hydrogen (secondary N) is 2. The molecule has 0 aliphatic carbocycles. The SMILES string of the molecule is Cc1ccc(C(=O)NC(=S)Nc2ccc(-c3nn4c(C)nnc4s3)cc2)cc1C. The topological polar surface area (TPSA) is 84.2 Å². The van der Waals surface area contributed by atoms with Crippen molar-refractivity contribution in [1.29, 1.82) is 0 Å². The average Bonchev–Trinajstić information content (AvgIpc) is 3.26. The summed E-state index contributed by atoms with van der Waals surface area (Å²) in [6, 6.07) is 13.2. The molecule has 0 radical (unpaired) electrons. The summed E-state index contributed by atoms with van der Waals surface area (Å²) in [4.78, 5) is 13.1. The Morgan fingerprint density at radius 1 is 1.03 bits per heavy atom. The second kappa shape index (κ2) is 7.69. The number of hydrogen-bond donors (Lipinski definition) is 2. The van der Waals surface area contributed by atoms with Crippen LogP contribution in [0, 0.1) is 20.8 Å². The number of rotatable bonds is 3. The third-order valence-electron chi connectivity index (χ3n) is 4.53. The first-order valence-electron chi connectivity index (χ1n) is 8.89. The number of carbonyl (C=O) groups is 1. The summed E-state index contributed by atoms with van der Waals surface area (Å²) in [7, 11) is 0. The number of thiocarbonyl (C=S) groups is 1. The van der Waals surface area contributed by atoms with Crippen LogP contribution in [-0.2, 0) is 0 Å². The first-order chi connectivity index (χ1) is 13.9. The number of carbonyl (C=O) groups excluding carboxylic acids is 1. The molecule has 0 saturated carbocycles. The van der Waals surface area contributed by atoms with Crippen LogP contribution in [0.1, 0.15) is 27.3 Å². The van der Waals surface area contributed by atoms with Crippen LogP contribution in [0.3, 0.4) is 0 Å². The van der Waals surface area contributed by atoms with E-state index in [2.05, 4.69) is 25.9 Å². The Bertz CT molecular complexity index is 1230. The first kappa shape index (κ1) is 19.2. The summed E-state index contributed by atoms with van der Waals surface area (Å²) in [5.41, 5.74) is 4.52. The third-order valence-corrected chi connectivity index (χ3v) is 5.68. The Kier molecular flexibility index (Phi) is 5.08. The third kappa shape index (κ3) is 4.01.